The third kappa shape index (κ3) is 6.13. The molecule has 0 saturated carbocycles. The Balaban J connectivity index is 1.56. The van der Waals surface area contributed by atoms with Crippen molar-refractivity contribution in [2.75, 3.05) is 13.1 Å². The van der Waals surface area contributed by atoms with Gasteiger partial charge in [0.15, 0.2) is 0 Å². The first-order valence-corrected chi connectivity index (χ1v) is 10.4. The van der Waals surface area contributed by atoms with Crippen LogP contribution < -0.4 is 5.32 Å². The summed E-state index contributed by atoms with van der Waals surface area (Å²) >= 11 is 6.31. The first-order chi connectivity index (χ1) is 16.0. The molecule has 11 heteroatoms. The molecular formula is C23H19ClF4N2O4. The zero-order chi connectivity index (χ0) is 25.0. The van der Waals surface area contributed by atoms with E-state index in [-0.39, 0.29) is 31.0 Å². The molecule has 1 aliphatic heterocycles. The van der Waals surface area contributed by atoms with E-state index in [0.29, 0.717) is 35.7 Å². The lowest BCUT2D eigenvalue weighted by molar-refractivity contribution is -0.138. The second-order valence-electron chi connectivity index (χ2n) is 7.60. The third-order valence-electron chi connectivity index (χ3n) is 5.26. The fourth-order valence-corrected chi connectivity index (χ4v) is 3.86. The SMILES string of the molecule is O=C(O)Cc1ccc2c(c1Cl)CCN(C(=O)CNC(=O)/C=C/c1ccc(C(F)(F)F)cc1F)C2. The number of carbonyl (C=O) groups excluding carboxylic acids is 2. The molecule has 2 N–H and O–H groups in total. The average Bonchev–Trinajstić information content (AvgIpc) is 2.77. The fourth-order valence-electron chi connectivity index (χ4n) is 3.51. The number of hydrogen-bond donors (Lipinski definition) is 2. The topological polar surface area (TPSA) is 86.7 Å². The van der Waals surface area contributed by atoms with Crippen LogP contribution in [0.1, 0.15) is 27.8 Å². The Bertz CT molecular complexity index is 1160. The van der Waals surface area contributed by atoms with E-state index in [2.05, 4.69) is 5.32 Å². The number of carboxylic acid groups (broad SMARTS) is 1. The number of aliphatic carboxylic acids is 1. The number of fused-ring (bicyclic) bond motifs is 1. The van der Waals surface area contributed by atoms with Gasteiger partial charge in [0.25, 0.3) is 0 Å². The molecule has 0 spiro atoms. The average molecular weight is 499 g/mol. The van der Waals surface area contributed by atoms with Crippen molar-refractivity contribution in [1.82, 2.24) is 10.2 Å². The minimum absolute atomic E-state index is 0.204. The predicted molar refractivity (Wildman–Crippen MR) is 115 cm³/mol. The van der Waals surface area contributed by atoms with Crippen molar-refractivity contribution < 1.29 is 37.1 Å². The van der Waals surface area contributed by atoms with Crippen LogP contribution in [0.25, 0.3) is 6.08 Å². The Morgan fingerprint density at radius 2 is 1.91 bits per heavy atom. The van der Waals surface area contributed by atoms with Crippen LogP contribution >= 0.6 is 11.6 Å². The quantitative estimate of drug-likeness (QED) is 0.468. The van der Waals surface area contributed by atoms with Crippen molar-refractivity contribution in [3.63, 3.8) is 0 Å². The molecule has 3 rings (SSSR count). The van der Waals surface area contributed by atoms with E-state index in [9.17, 15) is 31.9 Å². The number of carbonyl (C=O) groups is 3. The van der Waals surface area contributed by atoms with E-state index in [1.165, 1.54) is 4.90 Å². The van der Waals surface area contributed by atoms with Crippen molar-refractivity contribution in [3.8, 4) is 0 Å². The first-order valence-electron chi connectivity index (χ1n) is 10.1. The van der Waals surface area contributed by atoms with Gasteiger partial charge in [-0.3, -0.25) is 14.4 Å². The summed E-state index contributed by atoms with van der Waals surface area (Å²) in [4.78, 5) is 36.9. The van der Waals surface area contributed by atoms with Gasteiger partial charge in [-0.05, 0) is 41.3 Å². The van der Waals surface area contributed by atoms with Crippen LogP contribution in [0.15, 0.2) is 36.4 Å². The summed E-state index contributed by atoms with van der Waals surface area (Å²) in [7, 11) is 0. The second-order valence-corrected chi connectivity index (χ2v) is 7.98. The zero-order valence-corrected chi connectivity index (χ0v) is 18.3. The minimum atomic E-state index is -4.68. The number of amides is 2. The molecule has 0 atom stereocenters. The molecule has 34 heavy (non-hydrogen) atoms. The lowest BCUT2D eigenvalue weighted by Gasteiger charge is -2.30. The summed E-state index contributed by atoms with van der Waals surface area (Å²) in [6.07, 6.45) is -2.52. The molecule has 0 aliphatic carbocycles. The molecule has 0 unspecified atom stereocenters. The smallest absolute Gasteiger partial charge is 0.416 e. The van der Waals surface area contributed by atoms with E-state index in [4.69, 9.17) is 16.7 Å². The largest absolute Gasteiger partial charge is 0.481 e. The molecule has 1 aliphatic rings. The summed E-state index contributed by atoms with van der Waals surface area (Å²) in [5.41, 5.74) is 0.718. The standard InChI is InChI=1S/C23H19ClF4N2O4/c24-22-14(9-21(33)34)1-2-15-12-30(8-7-17(15)22)20(32)11-29-19(31)6-4-13-3-5-16(10-18(13)25)23(26,27)28/h1-6,10H,7-9,11-12H2,(H,29,31)(H,33,34)/b6-4+. The van der Waals surface area contributed by atoms with Crippen LogP contribution in [-0.2, 0) is 39.9 Å². The summed E-state index contributed by atoms with van der Waals surface area (Å²) < 4.78 is 51.6. The molecule has 1 heterocycles. The number of halogens is 5. The number of nitrogens with zero attached hydrogens (tertiary/aromatic N) is 1. The molecule has 0 radical (unpaired) electrons. The number of rotatable bonds is 6. The van der Waals surface area contributed by atoms with Gasteiger partial charge in [-0.25, -0.2) is 4.39 Å². The Morgan fingerprint density at radius 1 is 1.18 bits per heavy atom. The number of hydrogen-bond acceptors (Lipinski definition) is 3. The lowest BCUT2D eigenvalue weighted by atomic mass is 9.96. The van der Waals surface area contributed by atoms with Crippen molar-refractivity contribution in [1.29, 1.82) is 0 Å². The van der Waals surface area contributed by atoms with Crippen molar-refractivity contribution >= 4 is 35.5 Å². The molecule has 0 saturated heterocycles. The van der Waals surface area contributed by atoms with Gasteiger partial charge in [0.05, 0.1) is 18.5 Å². The maximum atomic E-state index is 13.8. The summed E-state index contributed by atoms with van der Waals surface area (Å²) in [6, 6.07) is 5.28. The van der Waals surface area contributed by atoms with Crippen LogP contribution in [0.3, 0.4) is 0 Å². The second kappa shape index (κ2) is 10.3. The molecule has 0 bridgehead atoms. The maximum absolute atomic E-state index is 13.8. The molecule has 2 aromatic carbocycles. The van der Waals surface area contributed by atoms with Gasteiger partial charge < -0.3 is 15.3 Å². The summed E-state index contributed by atoms with van der Waals surface area (Å²) in [5.74, 6) is -3.22. The van der Waals surface area contributed by atoms with Gasteiger partial charge in [0.2, 0.25) is 11.8 Å². The number of carboxylic acids is 1. The van der Waals surface area contributed by atoms with Crippen LogP contribution in [0.4, 0.5) is 17.6 Å². The molecule has 6 nitrogen and oxygen atoms in total. The van der Waals surface area contributed by atoms with Crippen LogP contribution in [-0.4, -0.2) is 40.9 Å². The van der Waals surface area contributed by atoms with E-state index in [1.54, 1.807) is 12.1 Å². The lowest BCUT2D eigenvalue weighted by Crippen LogP contribution is -2.42. The minimum Gasteiger partial charge on any atom is -0.481 e. The highest BCUT2D eigenvalue weighted by Gasteiger charge is 2.31. The molecule has 0 fully saturated rings. The van der Waals surface area contributed by atoms with Crippen molar-refractivity contribution in [2.45, 2.75) is 25.6 Å². The maximum Gasteiger partial charge on any atom is 0.416 e. The fraction of sp³-hybridized carbons (Fsp3) is 0.261. The Labute approximate surface area is 196 Å². The van der Waals surface area contributed by atoms with E-state index in [1.807, 2.05) is 0 Å². The Kier molecular flexibility index (Phi) is 7.61. The first kappa shape index (κ1) is 25.2. The van der Waals surface area contributed by atoms with Gasteiger partial charge in [0.1, 0.15) is 5.82 Å². The van der Waals surface area contributed by atoms with E-state index >= 15 is 0 Å². The monoisotopic (exact) mass is 498 g/mol. The van der Waals surface area contributed by atoms with Crippen LogP contribution in [0, 0.1) is 5.82 Å². The zero-order valence-electron chi connectivity index (χ0n) is 17.6. The van der Waals surface area contributed by atoms with Gasteiger partial charge in [-0.2, -0.15) is 13.2 Å². The van der Waals surface area contributed by atoms with Gasteiger partial charge in [-0.1, -0.05) is 29.8 Å². The molecular weight excluding hydrogens is 480 g/mol. The highest BCUT2D eigenvalue weighted by Crippen LogP contribution is 2.31. The highest BCUT2D eigenvalue weighted by molar-refractivity contribution is 6.32. The Hall–Kier alpha value is -3.40. The van der Waals surface area contributed by atoms with Crippen LogP contribution in [0.2, 0.25) is 5.02 Å². The molecule has 0 aromatic heterocycles. The van der Waals surface area contributed by atoms with Gasteiger partial charge >= 0.3 is 12.1 Å². The van der Waals surface area contributed by atoms with E-state index in [0.717, 1.165) is 29.3 Å². The van der Waals surface area contributed by atoms with Crippen molar-refractivity contribution in [2.24, 2.45) is 0 Å². The third-order valence-corrected chi connectivity index (χ3v) is 5.73. The molecule has 180 valence electrons. The number of alkyl halides is 3. The number of benzene rings is 2. The molecule has 2 amide bonds. The van der Waals surface area contributed by atoms with E-state index < -0.39 is 29.4 Å². The van der Waals surface area contributed by atoms with Gasteiger partial charge in [-0.15, -0.1) is 0 Å². The predicted octanol–water partition coefficient (Wildman–Crippen LogP) is 3.84. The molecule has 2 aromatic rings. The highest BCUT2D eigenvalue weighted by atomic mass is 35.5. The number of nitrogens with one attached hydrogen (secondary N) is 1. The Morgan fingerprint density at radius 3 is 2.56 bits per heavy atom. The van der Waals surface area contributed by atoms with Gasteiger partial charge in [0, 0.05) is 29.8 Å². The summed E-state index contributed by atoms with van der Waals surface area (Å²) in [6.45, 7) is 0.229. The normalized spacial score (nSPS) is 13.6. The van der Waals surface area contributed by atoms with Crippen LogP contribution in [0.5, 0.6) is 0 Å². The summed E-state index contributed by atoms with van der Waals surface area (Å²) in [5, 5.41) is 11.7. The van der Waals surface area contributed by atoms with Crippen molar-refractivity contribution in [3.05, 3.63) is 75.1 Å².